The Kier molecular flexibility index (Phi) is 8.10. The number of alkyl halides is 3. The summed E-state index contributed by atoms with van der Waals surface area (Å²) in [6.45, 7) is 4.30. The molecule has 3 aromatic rings. The summed E-state index contributed by atoms with van der Waals surface area (Å²) in [5, 5.41) is 3.46. The number of carbonyl (C=O) groups excluding carboxylic acids is 3. The van der Waals surface area contributed by atoms with E-state index in [1.807, 2.05) is 12.1 Å². The molecule has 11 heteroatoms. The van der Waals surface area contributed by atoms with Crippen molar-refractivity contribution in [3.05, 3.63) is 65.1 Å². The molecule has 1 saturated heterocycles. The predicted octanol–water partition coefficient (Wildman–Crippen LogP) is 5.44. The number of pyridine rings is 1. The van der Waals surface area contributed by atoms with Crippen molar-refractivity contribution in [2.24, 2.45) is 5.92 Å². The van der Waals surface area contributed by atoms with Gasteiger partial charge in [0.25, 0.3) is 11.8 Å². The van der Waals surface area contributed by atoms with E-state index in [0.717, 1.165) is 16.6 Å². The van der Waals surface area contributed by atoms with E-state index < -0.39 is 29.9 Å². The Morgan fingerprint density at radius 2 is 1.95 bits per heavy atom. The van der Waals surface area contributed by atoms with Crippen LogP contribution >= 0.6 is 11.6 Å². The number of hydrogen-bond donors (Lipinski definition) is 1. The molecule has 4 rings (SSSR count). The van der Waals surface area contributed by atoms with Gasteiger partial charge in [-0.15, -0.1) is 0 Å². The van der Waals surface area contributed by atoms with Crippen LogP contribution in [0.3, 0.4) is 0 Å². The summed E-state index contributed by atoms with van der Waals surface area (Å²) in [5.74, 6) is -2.88. The van der Waals surface area contributed by atoms with Crippen LogP contribution in [0.1, 0.15) is 59.7 Å². The van der Waals surface area contributed by atoms with Crippen molar-refractivity contribution in [2.75, 3.05) is 13.1 Å². The minimum absolute atomic E-state index is 0.00136. The van der Waals surface area contributed by atoms with Crippen LogP contribution in [0, 0.1) is 5.92 Å². The van der Waals surface area contributed by atoms with E-state index in [-0.39, 0.29) is 41.4 Å². The fourth-order valence-corrected chi connectivity index (χ4v) is 5.29. The highest BCUT2D eigenvalue weighted by atomic mass is 35.5. The molecule has 202 valence electrons. The highest BCUT2D eigenvalue weighted by Gasteiger charge is 2.48. The number of aromatic nitrogens is 2. The maximum absolute atomic E-state index is 13.4. The second-order valence-corrected chi connectivity index (χ2v) is 10.3. The Morgan fingerprint density at radius 1 is 1.18 bits per heavy atom. The normalized spacial score (nSPS) is 16.7. The summed E-state index contributed by atoms with van der Waals surface area (Å²) in [7, 11) is 0. The maximum Gasteiger partial charge on any atom is 0.471 e. The van der Waals surface area contributed by atoms with Crippen molar-refractivity contribution in [2.45, 2.75) is 51.2 Å². The van der Waals surface area contributed by atoms with Crippen LogP contribution in [0.5, 0.6) is 0 Å². The average Bonchev–Trinajstić information content (AvgIpc) is 3.51. The van der Waals surface area contributed by atoms with Gasteiger partial charge in [-0.25, -0.2) is 0 Å². The molecule has 7 nitrogen and oxygen atoms in total. The number of benzene rings is 1. The highest BCUT2D eigenvalue weighted by molar-refractivity contribution is 6.37. The molecule has 0 aliphatic carbocycles. The van der Waals surface area contributed by atoms with E-state index in [1.165, 1.54) is 6.20 Å². The Hall–Kier alpha value is -3.40. The van der Waals surface area contributed by atoms with E-state index in [2.05, 4.69) is 24.1 Å². The molecule has 38 heavy (non-hydrogen) atoms. The smallest absolute Gasteiger partial charge is 0.351 e. The van der Waals surface area contributed by atoms with E-state index in [0.29, 0.717) is 22.7 Å². The van der Waals surface area contributed by atoms with E-state index in [9.17, 15) is 27.6 Å². The minimum atomic E-state index is -5.09. The summed E-state index contributed by atoms with van der Waals surface area (Å²) in [6, 6.07) is 7.21. The summed E-state index contributed by atoms with van der Waals surface area (Å²) >= 11 is 6.42. The second kappa shape index (κ2) is 11.1. The Labute approximate surface area is 223 Å². The van der Waals surface area contributed by atoms with Crippen molar-refractivity contribution in [3.8, 4) is 0 Å². The van der Waals surface area contributed by atoms with Crippen LogP contribution in [0.15, 0.2) is 48.9 Å². The van der Waals surface area contributed by atoms with Crippen LogP contribution < -0.4 is 5.32 Å². The Morgan fingerprint density at radius 3 is 2.61 bits per heavy atom. The second-order valence-electron chi connectivity index (χ2n) is 9.86. The molecule has 2 atom stereocenters. The molecule has 1 N–H and O–H groups in total. The molecule has 2 amide bonds. The quantitative estimate of drug-likeness (QED) is 0.426. The van der Waals surface area contributed by atoms with Gasteiger partial charge in [0.2, 0.25) is 0 Å². The van der Waals surface area contributed by atoms with Crippen LogP contribution in [-0.4, -0.2) is 57.5 Å². The van der Waals surface area contributed by atoms with Gasteiger partial charge in [-0.05, 0) is 48.9 Å². The largest absolute Gasteiger partial charge is 0.471 e. The maximum atomic E-state index is 13.4. The zero-order chi connectivity index (χ0) is 27.6. The average molecular weight is 549 g/mol. The number of hydrogen-bond acceptors (Lipinski definition) is 4. The van der Waals surface area contributed by atoms with E-state index in [4.69, 9.17) is 11.6 Å². The van der Waals surface area contributed by atoms with Gasteiger partial charge in [0.15, 0.2) is 0 Å². The number of nitrogens with zero attached hydrogens (tertiary/aromatic N) is 3. The van der Waals surface area contributed by atoms with E-state index in [1.54, 1.807) is 30.6 Å². The number of carbonyl (C=O) groups is 3. The first-order valence-corrected chi connectivity index (χ1v) is 12.8. The third-order valence-corrected chi connectivity index (χ3v) is 7.04. The summed E-state index contributed by atoms with van der Waals surface area (Å²) in [5.41, 5.74) is 1.39. The lowest BCUT2D eigenvalue weighted by Gasteiger charge is -2.24. The van der Waals surface area contributed by atoms with Gasteiger partial charge in [0.05, 0.1) is 16.1 Å². The number of nitrogens with one attached hydrogen (secondary N) is 1. The lowest BCUT2D eigenvalue weighted by atomic mass is 9.91. The first kappa shape index (κ1) is 27.6. The van der Waals surface area contributed by atoms with Gasteiger partial charge in [-0.2, -0.15) is 13.2 Å². The van der Waals surface area contributed by atoms with Gasteiger partial charge < -0.3 is 10.2 Å². The number of rotatable bonds is 7. The van der Waals surface area contributed by atoms with Crippen molar-refractivity contribution in [3.63, 3.8) is 0 Å². The number of halogens is 4. The molecule has 1 fully saturated rings. The highest BCUT2D eigenvalue weighted by Crippen LogP contribution is 2.32. The van der Waals surface area contributed by atoms with Crippen LogP contribution in [0.2, 0.25) is 5.02 Å². The first-order chi connectivity index (χ1) is 18.0. The molecule has 1 unspecified atom stereocenters. The van der Waals surface area contributed by atoms with Gasteiger partial charge in [-0.1, -0.05) is 37.6 Å². The third kappa shape index (κ3) is 5.70. The topological polar surface area (TPSA) is 84.3 Å². The fourth-order valence-electron chi connectivity index (χ4n) is 5.02. The molecule has 1 aliphatic heterocycles. The molecule has 0 saturated carbocycles. The van der Waals surface area contributed by atoms with Gasteiger partial charge in [0, 0.05) is 43.0 Å². The van der Waals surface area contributed by atoms with Crippen LogP contribution in [0.25, 0.3) is 10.9 Å². The lowest BCUT2D eigenvalue weighted by Crippen LogP contribution is -2.48. The predicted molar refractivity (Wildman–Crippen MR) is 137 cm³/mol. The lowest BCUT2D eigenvalue weighted by molar-refractivity contribution is -0.185. The van der Waals surface area contributed by atoms with Crippen LogP contribution in [-0.2, 0) is 4.79 Å². The molecular weight excluding hydrogens is 521 g/mol. The van der Waals surface area contributed by atoms with Gasteiger partial charge >= 0.3 is 12.1 Å². The first-order valence-electron chi connectivity index (χ1n) is 12.4. The summed E-state index contributed by atoms with van der Waals surface area (Å²) in [4.78, 5) is 43.5. The molecule has 0 radical (unpaired) electrons. The monoisotopic (exact) mass is 548 g/mol. The Bertz CT molecular complexity index is 1340. The number of likely N-dealkylation sites (tertiary alicyclic amines) is 1. The van der Waals surface area contributed by atoms with Gasteiger partial charge in [-0.3, -0.25) is 23.9 Å². The molecule has 3 heterocycles. The Balaban J connectivity index is 1.64. The molecule has 0 spiro atoms. The van der Waals surface area contributed by atoms with E-state index >= 15 is 0 Å². The summed E-state index contributed by atoms with van der Waals surface area (Å²) < 4.78 is 40.5. The molecule has 1 aromatic carbocycles. The zero-order valence-corrected chi connectivity index (χ0v) is 21.7. The van der Waals surface area contributed by atoms with Crippen molar-refractivity contribution in [1.82, 2.24) is 19.8 Å². The zero-order valence-electron chi connectivity index (χ0n) is 21.0. The number of amides is 2. The van der Waals surface area contributed by atoms with Gasteiger partial charge in [0.1, 0.15) is 6.04 Å². The SMILES string of the molecule is CC(C)CC(CNC(=O)c1cn(C(=O)[C@H]2CCCN2C(=O)C(F)(F)F)c2cccc(Cl)c12)c1cccnc1. The van der Waals surface area contributed by atoms with Crippen molar-refractivity contribution < 1.29 is 27.6 Å². The van der Waals surface area contributed by atoms with Crippen molar-refractivity contribution in [1.29, 1.82) is 0 Å². The molecular formula is C27H28ClF3N4O3. The number of fused-ring (bicyclic) bond motifs is 1. The summed E-state index contributed by atoms with van der Waals surface area (Å²) in [6.07, 6.45) is 0.798. The molecule has 2 aromatic heterocycles. The van der Waals surface area contributed by atoms with Crippen molar-refractivity contribution >= 4 is 40.2 Å². The molecule has 1 aliphatic rings. The minimum Gasteiger partial charge on any atom is -0.351 e. The molecule has 0 bridgehead atoms. The standard InChI is InChI=1S/C27H28ClF3N4O3/c1-16(2)12-18(17-6-4-10-32-13-17)14-33-24(36)19-15-35(21-8-3-7-20(28)23(19)21)25(37)22-9-5-11-34(22)26(38)27(29,30)31/h3-4,6-8,10,13,15-16,18,22H,5,9,11-12,14H2,1-2H3,(H,33,36)/t18?,22-/m1/s1. The fraction of sp³-hybridized carbons (Fsp3) is 0.407. The third-order valence-electron chi connectivity index (χ3n) is 6.72. The van der Waals surface area contributed by atoms with Crippen LogP contribution in [0.4, 0.5) is 13.2 Å².